The number of hydrogen-bond acceptors (Lipinski definition) is 5. The molecule has 1 aromatic rings. The van der Waals surface area contributed by atoms with Gasteiger partial charge in [0.05, 0.1) is 29.5 Å². The number of carbonyl (C=O) groups is 2. The predicted octanol–water partition coefficient (Wildman–Crippen LogP) is 1.13. The fraction of sp³-hybridized carbons (Fsp3) is 0.500. The van der Waals surface area contributed by atoms with Crippen molar-refractivity contribution in [1.82, 2.24) is 4.98 Å². The Morgan fingerprint density at radius 2 is 1.95 bits per heavy atom. The SMILES string of the molecule is NCC#Cc1cnc(N2C(=O)C3CCCCC3C2=O)s1. The summed E-state index contributed by atoms with van der Waals surface area (Å²) in [7, 11) is 0. The molecule has 2 heterocycles. The number of imide groups is 1. The minimum absolute atomic E-state index is 0.0904. The molecule has 20 heavy (non-hydrogen) atoms. The summed E-state index contributed by atoms with van der Waals surface area (Å²) in [5.41, 5.74) is 5.32. The van der Waals surface area contributed by atoms with Crippen LogP contribution in [0.1, 0.15) is 30.6 Å². The van der Waals surface area contributed by atoms with Gasteiger partial charge in [-0.05, 0) is 12.8 Å². The highest BCUT2D eigenvalue weighted by Gasteiger charge is 2.49. The second kappa shape index (κ2) is 5.35. The molecule has 5 nitrogen and oxygen atoms in total. The van der Waals surface area contributed by atoms with Crippen LogP contribution in [-0.4, -0.2) is 23.3 Å². The zero-order valence-corrected chi connectivity index (χ0v) is 11.8. The van der Waals surface area contributed by atoms with Crippen molar-refractivity contribution in [2.45, 2.75) is 25.7 Å². The largest absolute Gasteiger partial charge is 0.320 e. The normalized spacial score (nSPS) is 25.4. The van der Waals surface area contributed by atoms with Crippen molar-refractivity contribution >= 4 is 28.3 Å². The molecule has 0 aromatic carbocycles. The van der Waals surface area contributed by atoms with Crippen LogP contribution in [0.25, 0.3) is 0 Å². The Kier molecular flexibility index (Phi) is 3.55. The molecule has 1 saturated carbocycles. The number of nitrogens with zero attached hydrogens (tertiary/aromatic N) is 2. The smallest absolute Gasteiger partial charge is 0.239 e. The number of rotatable bonds is 1. The number of thiazole rings is 1. The van der Waals surface area contributed by atoms with Crippen molar-refractivity contribution < 1.29 is 9.59 Å². The molecule has 2 unspecified atom stereocenters. The molecule has 104 valence electrons. The highest BCUT2D eigenvalue weighted by molar-refractivity contribution is 7.16. The zero-order valence-electron chi connectivity index (χ0n) is 11.0. The molecule has 0 bridgehead atoms. The van der Waals surface area contributed by atoms with E-state index in [1.54, 1.807) is 6.20 Å². The van der Waals surface area contributed by atoms with Gasteiger partial charge in [-0.1, -0.05) is 36.0 Å². The van der Waals surface area contributed by atoms with Crippen molar-refractivity contribution in [2.24, 2.45) is 17.6 Å². The van der Waals surface area contributed by atoms with Gasteiger partial charge in [0.1, 0.15) is 0 Å². The molecule has 1 aliphatic heterocycles. The van der Waals surface area contributed by atoms with Crippen LogP contribution >= 0.6 is 11.3 Å². The topological polar surface area (TPSA) is 76.3 Å². The van der Waals surface area contributed by atoms with Crippen molar-refractivity contribution in [3.05, 3.63) is 11.1 Å². The number of fused-ring (bicyclic) bond motifs is 1. The van der Waals surface area contributed by atoms with E-state index < -0.39 is 0 Å². The average molecular weight is 289 g/mol. The number of nitrogens with two attached hydrogens (primary N) is 1. The van der Waals surface area contributed by atoms with Crippen molar-refractivity contribution in [2.75, 3.05) is 11.4 Å². The third kappa shape index (κ3) is 2.13. The summed E-state index contributed by atoms with van der Waals surface area (Å²) < 4.78 is 0. The predicted molar refractivity (Wildman–Crippen MR) is 76.0 cm³/mol. The monoisotopic (exact) mass is 289 g/mol. The second-order valence-electron chi connectivity index (χ2n) is 5.02. The van der Waals surface area contributed by atoms with E-state index in [2.05, 4.69) is 16.8 Å². The quantitative estimate of drug-likeness (QED) is 0.621. The van der Waals surface area contributed by atoms with Gasteiger partial charge in [0.25, 0.3) is 0 Å². The summed E-state index contributed by atoms with van der Waals surface area (Å²) in [5, 5.41) is 0.440. The molecule has 0 radical (unpaired) electrons. The van der Waals surface area contributed by atoms with Gasteiger partial charge in [0, 0.05) is 0 Å². The Bertz CT molecular complexity index is 589. The standard InChI is InChI=1S/C14H15N3O2S/c15-7-3-4-9-8-16-14(20-9)17-12(18)10-5-1-2-6-11(10)13(17)19/h8,10-11H,1-2,5-7,15H2. The molecule has 1 aromatic heterocycles. The maximum Gasteiger partial charge on any atom is 0.239 e. The molecule has 2 N–H and O–H groups in total. The molecule has 6 heteroatoms. The van der Waals surface area contributed by atoms with Gasteiger partial charge in [-0.2, -0.15) is 0 Å². The summed E-state index contributed by atoms with van der Waals surface area (Å²) in [5.74, 6) is 5.15. The van der Waals surface area contributed by atoms with Crippen LogP contribution in [0.3, 0.4) is 0 Å². The van der Waals surface area contributed by atoms with Crippen LogP contribution < -0.4 is 10.6 Å². The maximum absolute atomic E-state index is 12.4. The first-order valence-corrected chi connectivity index (χ1v) is 7.56. The minimum atomic E-state index is -0.140. The van der Waals surface area contributed by atoms with Crippen LogP contribution in [0.4, 0.5) is 5.13 Å². The van der Waals surface area contributed by atoms with Crippen molar-refractivity contribution in [3.63, 3.8) is 0 Å². The summed E-state index contributed by atoms with van der Waals surface area (Å²) in [4.78, 5) is 30.9. The fourth-order valence-corrected chi connectivity index (χ4v) is 3.72. The Hall–Kier alpha value is -1.71. The third-order valence-corrected chi connectivity index (χ3v) is 4.74. The Morgan fingerprint density at radius 1 is 1.30 bits per heavy atom. The van der Waals surface area contributed by atoms with Gasteiger partial charge in [-0.15, -0.1) is 0 Å². The van der Waals surface area contributed by atoms with E-state index in [1.807, 2.05) is 0 Å². The van der Waals surface area contributed by atoms with Crippen molar-refractivity contribution in [1.29, 1.82) is 0 Å². The molecule has 1 saturated heterocycles. The van der Waals surface area contributed by atoms with E-state index >= 15 is 0 Å². The Labute approximate surface area is 121 Å². The first kappa shape index (κ1) is 13.3. The molecule has 2 fully saturated rings. The van der Waals surface area contributed by atoms with Gasteiger partial charge in [0.2, 0.25) is 11.8 Å². The molecule has 2 atom stereocenters. The molecular weight excluding hydrogens is 274 g/mol. The van der Waals surface area contributed by atoms with E-state index in [0.717, 1.165) is 30.6 Å². The number of carbonyl (C=O) groups excluding carboxylic acids is 2. The fourth-order valence-electron chi connectivity index (χ4n) is 2.92. The molecule has 1 aliphatic carbocycles. The van der Waals surface area contributed by atoms with Gasteiger partial charge in [-0.3, -0.25) is 9.59 Å². The number of amides is 2. The van der Waals surface area contributed by atoms with E-state index in [-0.39, 0.29) is 30.2 Å². The number of anilines is 1. The van der Waals surface area contributed by atoms with Crippen LogP contribution in [0.15, 0.2) is 6.20 Å². The average Bonchev–Trinajstić information content (AvgIpc) is 3.02. The molecule has 0 spiro atoms. The summed E-state index contributed by atoms with van der Waals surface area (Å²) in [6.07, 6.45) is 5.28. The summed E-state index contributed by atoms with van der Waals surface area (Å²) in [6, 6.07) is 0. The first-order valence-electron chi connectivity index (χ1n) is 6.75. The number of aromatic nitrogens is 1. The minimum Gasteiger partial charge on any atom is -0.320 e. The van der Waals surface area contributed by atoms with Crippen LogP contribution in [0.5, 0.6) is 0 Å². The zero-order chi connectivity index (χ0) is 14.1. The lowest BCUT2D eigenvalue weighted by Gasteiger charge is -2.19. The molecule has 3 rings (SSSR count). The van der Waals surface area contributed by atoms with Gasteiger partial charge in [0.15, 0.2) is 5.13 Å². The number of hydrogen-bond donors (Lipinski definition) is 1. The molecule has 2 amide bonds. The summed E-state index contributed by atoms with van der Waals surface area (Å²) >= 11 is 1.27. The van der Waals surface area contributed by atoms with E-state index in [1.165, 1.54) is 16.2 Å². The molecule has 2 aliphatic rings. The van der Waals surface area contributed by atoms with E-state index in [9.17, 15) is 9.59 Å². The lowest BCUT2D eigenvalue weighted by atomic mass is 9.81. The van der Waals surface area contributed by atoms with Crippen LogP contribution in [-0.2, 0) is 9.59 Å². The maximum atomic E-state index is 12.4. The van der Waals surface area contributed by atoms with Gasteiger partial charge < -0.3 is 5.73 Å². The molecular formula is C14H15N3O2S. The van der Waals surface area contributed by atoms with E-state index in [0.29, 0.717) is 5.13 Å². The van der Waals surface area contributed by atoms with Gasteiger partial charge in [-0.25, -0.2) is 9.88 Å². The summed E-state index contributed by atoms with van der Waals surface area (Å²) in [6.45, 7) is 0.277. The Balaban J connectivity index is 1.88. The highest BCUT2D eigenvalue weighted by Crippen LogP contribution is 2.40. The van der Waals surface area contributed by atoms with Gasteiger partial charge >= 0.3 is 0 Å². The van der Waals surface area contributed by atoms with Crippen molar-refractivity contribution in [3.8, 4) is 11.8 Å². The third-order valence-electron chi connectivity index (χ3n) is 3.84. The van der Waals surface area contributed by atoms with E-state index in [4.69, 9.17) is 5.73 Å². The first-order chi connectivity index (χ1) is 9.72. The lowest BCUT2D eigenvalue weighted by Crippen LogP contribution is -2.30. The highest BCUT2D eigenvalue weighted by atomic mass is 32.1. The lowest BCUT2D eigenvalue weighted by molar-refractivity contribution is -0.122. The van der Waals surface area contributed by atoms with Crippen LogP contribution in [0, 0.1) is 23.7 Å². The van der Waals surface area contributed by atoms with Crippen LogP contribution in [0.2, 0.25) is 0 Å². The second-order valence-corrected chi connectivity index (χ2v) is 6.03. The Morgan fingerprint density at radius 3 is 2.55 bits per heavy atom.